The number of hydrogen-bond acceptors (Lipinski definition) is 2. The van der Waals surface area contributed by atoms with Gasteiger partial charge in [0.15, 0.2) is 0 Å². The van der Waals surface area contributed by atoms with E-state index in [0.29, 0.717) is 5.02 Å². The molecule has 0 spiro atoms. The van der Waals surface area contributed by atoms with Gasteiger partial charge in [-0.05, 0) is 25.1 Å². The Kier molecular flexibility index (Phi) is 4.80. The first-order chi connectivity index (χ1) is 8.04. The van der Waals surface area contributed by atoms with Crippen LogP contribution in [0.25, 0.3) is 0 Å². The fraction of sp³-hybridized carbons (Fsp3) is 0.250. The zero-order valence-corrected chi connectivity index (χ0v) is 10.0. The average Bonchev–Trinajstić information content (AvgIpc) is 2.30. The lowest BCUT2D eigenvalue weighted by molar-refractivity contribution is -0.121. The van der Waals surface area contributed by atoms with E-state index in [1.54, 1.807) is 6.92 Å². The number of benzene rings is 1. The number of nitrogens with one attached hydrogen (secondary N) is 2. The Morgan fingerprint density at radius 3 is 3.00 bits per heavy atom. The molecule has 0 fully saturated rings. The summed E-state index contributed by atoms with van der Waals surface area (Å²) >= 11 is 5.73. The summed E-state index contributed by atoms with van der Waals surface area (Å²) in [5.41, 5.74) is 0.181. The Morgan fingerprint density at radius 2 is 2.35 bits per heavy atom. The van der Waals surface area contributed by atoms with E-state index in [-0.39, 0.29) is 18.1 Å². The number of anilines is 1. The molecule has 1 unspecified atom stereocenters. The molecule has 0 saturated heterocycles. The number of carbonyl (C=O) groups excluding carboxylic acids is 1. The van der Waals surface area contributed by atoms with Crippen molar-refractivity contribution in [1.82, 2.24) is 5.32 Å². The maximum Gasteiger partial charge on any atom is 0.242 e. The second-order valence-corrected chi connectivity index (χ2v) is 3.85. The van der Waals surface area contributed by atoms with Crippen LogP contribution in [0.1, 0.15) is 6.92 Å². The highest BCUT2D eigenvalue weighted by Crippen LogP contribution is 2.20. The normalized spacial score (nSPS) is 11.4. The van der Waals surface area contributed by atoms with Crippen LogP contribution in [0.3, 0.4) is 0 Å². The molecule has 1 aromatic carbocycles. The van der Waals surface area contributed by atoms with Crippen molar-refractivity contribution >= 4 is 23.2 Å². The molecular formula is C12H12ClFN2O. The maximum absolute atomic E-state index is 13.4. The third-order valence-electron chi connectivity index (χ3n) is 2.06. The van der Waals surface area contributed by atoms with E-state index in [1.165, 1.54) is 18.2 Å². The fourth-order valence-electron chi connectivity index (χ4n) is 1.20. The molecule has 1 rings (SSSR count). The molecule has 0 radical (unpaired) electrons. The Bertz CT molecular complexity index is 456. The lowest BCUT2D eigenvalue weighted by Gasteiger charge is -2.15. The van der Waals surface area contributed by atoms with Gasteiger partial charge in [0.2, 0.25) is 5.91 Å². The summed E-state index contributed by atoms with van der Waals surface area (Å²) in [5.74, 6) is 1.51. The quantitative estimate of drug-likeness (QED) is 0.808. The van der Waals surface area contributed by atoms with Crippen LogP contribution in [-0.4, -0.2) is 18.5 Å². The molecule has 2 N–H and O–H groups in total. The molecule has 3 nitrogen and oxygen atoms in total. The lowest BCUT2D eigenvalue weighted by Crippen LogP contribution is -2.37. The van der Waals surface area contributed by atoms with Crippen LogP contribution >= 0.6 is 11.6 Å². The molecular weight excluding hydrogens is 243 g/mol. The van der Waals surface area contributed by atoms with E-state index in [2.05, 4.69) is 16.6 Å². The third kappa shape index (κ3) is 3.97. The number of terminal acetylenes is 1. The standard InChI is InChI=1S/C12H12ClFN2O/c1-3-6-15-12(17)8(2)16-11-7-9(13)4-5-10(11)14/h1,4-5,7-8,16H,6H2,2H3,(H,15,17). The molecule has 1 aromatic rings. The summed E-state index contributed by atoms with van der Waals surface area (Å²) in [7, 11) is 0. The van der Waals surface area contributed by atoms with Crippen molar-refractivity contribution in [3.8, 4) is 12.3 Å². The molecule has 1 amide bonds. The van der Waals surface area contributed by atoms with Gasteiger partial charge in [0.25, 0.3) is 0 Å². The Hall–Kier alpha value is -1.73. The number of halogens is 2. The molecule has 0 aromatic heterocycles. The summed E-state index contributed by atoms with van der Waals surface area (Å²) < 4.78 is 13.4. The first kappa shape index (κ1) is 13.3. The molecule has 0 aliphatic heterocycles. The van der Waals surface area contributed by atoms with Gasteiger partial charge in [0, 0.05) is 5.02 Å². The van der Waals surface area contributed by atoms with Crippen LogP contribution in [0.15, 0.2) is 18.2 Å². The van der Waals surface area contributed by atoms with E-state index in [9.17, 15) is 9.18 Å². The molecule has 0 aliphatic rings. The van der Waals surface area contributed by atoms with Gasteiger partial charge in [0.1, 0.15) is 11.9 Å². The van der Waals surface area contributed by atoms with Crippen molar-refractivity contribution < 1.29 is 9.18 Å². The van der Waals surface area contributed by atoms with Gasteiger partial charge < -0.3 is 10.6 Å². The minimum atomic E-state index is -0.601. The SMILES string of the molecule is C#CCNC(=O)C(C)Nc1cc(Cl)ccc1F. The summed E-state index contributed by atoms with van der Waals surface area (Å²) in [4.78, 5) is 11.5. The lowest BCUT2D eigenvalue weighted by atomic mass is 10.2. The number of hydrogen-bond donors (Lipinski definition) is 2. The highest BCUT2D eigenvalue weighted by molar-refractivity contribution is 6.30. The van der Waals surface area contributed by atoms with Crippen molar-refractivity contribution in [2.75, 3.05) is 11.9 Å². The second kappa shape index (κ2) is 6.12. The maximum atomic E-state index is 13.4. The molecule has 0 heterocycles. The van der Waals surface area contributed by atoms with Crippen molar-refractivity contribution in [1.29, 1.82) is 0 Å². The average molecular weight is 255 g/mol. The van der Waals surface area contributed by atoms with Gasteiger partial charge in [-0.25, -0.2) is 4.39 Å². The van der Waals surface area contributed by atoms with Gasteiger partial charge in [-0.1, -0.05) is 17.5 Å². The fourth-order valence-corrected chi connectivity index (χ4v) is 1.37. The minimum absolute atomic E-state index is 0.142. The van der Waals surface area contributed by atoms with Crippen LogP contribution in [0.4, 0.5) is 10.1 Å². The van der Waals surface area contributed by atoms with Gasteiger partial charge in [-0.2, -0.15) is 0 Å². The predicted octanol–water partition coefficient (Wildman–Crippen LogP) is 2.03. The first-order valence-corrected chi connectivity index (χ1v) is 5.35. The highest BCUT2D eigenvalue weighted by Gasteiger charge is 2.13. The van der Waals surface area contributed by atoms with Gasteiger partial charge >= 0.3 is 0 Å². The van der Waals surface area contributed by atoms with E-state index in [4.69, 9.17) is 18.0 Å². The molecule has 0 aliphatic carbocycles. The van der Waals surface area contributed by atoms with E-state index in [0.717, 1.165) is 0 Å². The molecule has 0 bridgehead atoms. The Labute approximate surface area is 104 Å². The van der Waals surface area contributed by atoms with E-state index in [1.807, 2.05) is 0 Å². The molecule has 90 valence electrons. The zero-order chi connectivity index (χ0) is 12.8. The summed E-state index contributed by atoms with van der Waals surface area (Å²) in [6.45, 7) is 1.75. The third-order valence-corrected chi connectivity index (χ3v) is 2.29. The summed E-state index contributed by atoms with van der Waals surface area (Å²) in [6.07, 6.45) is 5.01. The van der Waals surface area contributed by atoms with Crippen LogP contribution in [0, 0.1) is 18.2 Å². The van der Waals surface area contributed by atoms with Crippen LogP contribution < -0.4 is 10.6 Å². The topological polar surface area (TPSA) is 41.1 Å². The smallest absolute Gasteiger partial charge is 0.242 e. The monoisotopic (exact) mass is 254 g/mol. The van der Waals surface area contributed by atoms with Crippen LogP contribution in [0.5, 0.6) is 0 Å². The highest BCUT2D eigenvalue weighted by atomic mass is 35.5. The van der Waals surface area contributed by atoms with Gasteiger partial charge in [-0.15, -0.1) is 6.42 Å². The van der Waals surface area contributed by atoms with E-state index < -0.39 is 11.9 Å². The largest absolute Gasteiger partial charge is 0.371 e. The zero-order valence-electron chi connectivity index (χ0n) is 9.26. The Balaban J connectivity index is 2.67. The molecule has 0 saturated carbocycles. The van der Waals surface area contributed by atoms with Crippen LogP contribution in [0.2, 0.25) is 5.02 Å². The summed E-state index contributed by atoms with van der Waals surface area (Å²) in [5, 5.41) is 5.61. The molecule has 17 heavy (non-hydrogen) atoms. The van der Waals surface area contributed by atoms with Crippen molar-refractivity contribution in [2.45, 2.75) is 13.0 Å². The number of carbonyl (C=O) groups is 1. The number of rotatable bonds is 4. The minimum Gasteiger partial charge on any atom is -0.371 e. The molecule has 1 atom stereocenters. The Morgan fingerprint density at radius 1 is 1.65 bits per heavy atom. The van der Waals surface area contributed by atoms with Gasteiger partial charge in [0.05, 0.1) is 12.2 Å². The van der Waals surface area contributed by atoms with Crippen molar-refractivity contribution in [3.63, 3.8) is 0 Å². The first-order valence-electron chi connectivity index (χ1n) is 4.97. The van der Waals surface area contributed by atoms with Gasteiger partial charge in [-0.3, -0.25) is 4.79 Å². The van der Waals surface area contributed by atoms with Crippen molar-refractivity contribution in [2.24, 2.45) is 0 Å². The van der Waals surface area contributed by atoms with Crippen molar-refractivity contribution in [3.05, 3.63) is 29.0 Å². The number of amides is 1. The molecule has 5 heteroatoms. The van der Waals surface area contributed by atoms with Crippen LogP contribution in [-0.2, 0) is 4.79 Å². The summed E-state index contributed by atoms with van der Waals surface area (Å²) in [6, 6.07) is 3.49. The van der Waals surface area contributed by atoms with E-state index >= 15 is 0 Å². The second-order valence-electron chi connectivity index (χ2n) is 3.41. The predicted molar refractivity (Wildman–Crippen MR) is 66.3 cm³/mol.